The molecule has 0 aromatic rings. The first-order valence-corrected chi connectivity index (χ1v) is 16.9. The molecule has 0 rings (SSSR count). The summed E-state index contributed by atoms with van der Waals surface area (Å²) in [7, 11) is 0. The highest BCUT2D eigenvalue weighted by Crippen LogP contribution is 2.12. The Labute approximate surface area is 302 Å². The van der Waals surface area contributed by atoms with Crippen LogP contribution in [0.2, 0.25) is 0 Å². The van der Waals surface area contributed by atoms with Gasteiger partial charge in [0.1, 0.15) is 0 Å². The van der Waals surface area contributed by atoms with Crippen LogP contribution in [0.1, 0.15) is 115 Å². The molecule has 0 heterocycles. The average Bonchev–Trinajstić information content (AvgIpc) is 3.04. The fraction of sp³-hybridized carbons (Fsp3) is 0.788. The lowest BCUT2D eigenvalue weighted by Gasteiger charge is -2.32. The summed E-state index contributed by atoms with van der Waals surface area (Å²) in [5.74, 6) is -2.10. The van der Waals surface area contributed by atoms with E-state index in [-0.39, 0.29) is 49.6 Å². The molecule has 0 atom stereocenters. The third-order valence-corrected chi connectivity index (χ3v) is 8.81. The van der Waals surface area contributed by atoms with Crippen LogP contribution < -0.4 is 26.6 Å². The van der Waals surface area contributed by atoms with Crippen LogP contribution in [0.5, 0.6) is 0 Å². The molecular formula is C33H65N9O9. The minimum absolute atomic E-state index is 0.0625. The summed E-state index contributed by atoms with van der Waals surface area (Å²) in [4.78, 5) is 33.4. The van der Waals surface area contributed by atoms with Crippen LogP contribution in [0.3, 0.4) is 0 Å². The van der Waals surface area contributed by atoms with E-state index in [4.69, 9.17) is 31.0 Å². The van der Waals surface area contributed by atoms with Gasteiger partial charge in [0.2, 0.25) is 5.91 Å². The predicted molar refractivity (Wildman–Crippen MR) is 197 cm³/mol. The van der Waals surface area contributed by atoms with Crippen LogP contribution in [-0.2, 0) is 14.4 Å². The molecule has 18 heteroatoms. The van der Waals surface area contributed by atoms with Crippen LogP contribution in [0.25, 0.3) is 0 Å². The molecule has 0 aliphatic rings. The van der Waals surface area contributed by atoms with E-state index < -0.39 is 28.6 Å². The largest absolute Gasteiger partial charge is 0.481 e. The second-order valence-corrected chi connectivity index (χ2v) is 14.5. The molecule has 51 heavy (non-hydrogen) atoms. The zero-order valence-corrected chi connectivity index (χ0v) is 32.3. The van der Waals surface area contributed by atoms with Crippen molar-refractivity contribution in [2.45, 2.75) is 143 Å². The summed E-state index contributed by atoms with van der Waals surface area (Å²) < 4.78 is 0. The number of carbonyl (C=O) groups is 3. The molecule has 11 N–H and O–H groups in total. The molecule has 0 aliphatic carbocycles. The quantitative estimate of drug-likeness (QED) is 0.0295. The van der Waals surface area contributed by atoms with Crippen LogP contribution in [0, 0.1) is 0 Å². The molecule has 0 aliphatic heterocycles. The van der Waals surface area contributed by atoms with E-state index in [2.05, 4.69) is 47.2 Å². The Morgan fingerprint density at radius 3 is 1.29 bits per heavy atom. The van der Waals surface area contributed by atoms with Gasteiger partial charge in [0, 0.05) is 32.4 Å². The first-order valence-electron chi connectivity index (χ1n) is 16.9. The molecule has 0 saturated heterocycles. The molecule has 0 unspecified atom stereocenters. The molecule has 0 fully saturated rings. The van der Waals surface area contributed by atoms with Gasteiger partial charge in [-0.3, -0.25) is 14.4 Å². The van der Waals surface area contributed by atoms with Crippen molar-refractivity contribution in [1.29, 1.82) is 0 Å². The lowest BCUT2D eigenvalue weighted by atomic mass is 9.94. The Bertz CT molecular complexity index is 1180. The van der Waals surface area contributed by atoms with E-state index in [9.17, 15) is 14.4 Å². The van der Waals surface area contributed by atoms with Crippen molar-refractivity contribution in [3.05, 3.63) is 0 Å². The van der Waals surface area contributed by atoms with Gasteiger partial charge in [-0.15, -0.1) is 0 Å². The smallest absolute Gasteiger partial charge is 0.303 e. The van der Waals surface area contributed by atoms with Gasteiger partial charge >= 0.3 is 11.9 Å². The third-order valence-electron chi connectivity index (χ3n) is 8.81. The zero-order chi connectivity index (χ0) is 40.1. The van der Waals surface area contributed by atoms with Crippen molar-refractivity contribution in [3.63, 3.8) is 0 Å². The molecule has 0 radical (unpaired) electrons. The van der Waals surface area contributed by atoms with Gasteiger partial charge in [0.05, 0.1) is 57.5 Å². The SMILES string of the molecule is C/C(=N\O)C(C)(C)NCC(CNC(C)(C)/C(C)=N/O)NC(=O)CCCC(=O)O.C/C(=N\O)C(C)(C)NCCCNC(C)(C)/C(CCC(=O)O)=N/O. The minimum Gasteiger partial charge on any atom is -0.481 e. The Kier molecular flexibility index (Phi) is 22.8. The molecule has 18 nitrogen and oxygen atoms in total. The zero-order valence-electron chi connectivity index (χ0n) is 32.3. The molecule has 1 amide bonds. The molecule has 0 bridgehead atoms. The number of carbonyl (C=O) groups excluding carboxylic acids is 1. The maximum atomic E-state index is 12.2. The topological polar surface area (TPSA) is 282 Å². The number of aliphatic carboxylic acids is 2. The van der Waals surface area contributed by atoms with Crippen LogP contribution in [0.15, 0.2) is 20.6 Å². The second kappa shape index (κ2) is 23.6. The summed E-state index contributed by atoms with van der Waals surface area (Å²) >= 11 is 0. The summed E-state index contributed by atoms with van der Waals surface area (Å²) in [5, 5.41) is 82.2. The molecule has 0 saturated carbocycles. The Balaban J connectivity index is 0. The summed E-state index contributed by atoms with van der Waals surface area (Å²) in [6.07, 6.45) is 1.25. The first-order chi connectivity index (χ1) is 23.4. The number of carboxylic acids is 2. The van der Waals surface area contributed by atoms with Crippen molar-refractivity contribution in [2.24, 2.45) is 20.6 Å². The summed E-state index contributed by atoms with van der Waals surface area (Å²) in [6, 6.07) is -0.325. The molecule has 0 spiro atoms. The molecular weight excluding hydrogens is 666 g/mol. The van der Waals surface area contributed by atoms with Gasteiger partial charge in [-0.25, -0.2) is 0 Å². The number of oxime groups is 4. The van der Waals surface area contributed by atoms with E-state index >= 15 is 0 Å². The van der Waals surface area contributed by atoms with Crippen LogP contribution in [-0.4, -0.2) is 126 Å². The maximum absolute atomic E-state index is 12.2. The van der Waals surface area contributed by atoms with E-state index in [1.165, 1.54) is 0 Å². The van der Waals surface area contributed by atoms with Crippen molar-refractivity contribution in [1.82, 2.24) is 26.6 Å². The van der Waals surface area contributed by atoms with Crippen LogP contribution in [0.4, 0.5) is 0 Å². The van der Waals surface area contributed by atoms with Crippen molar-refractivity contribution < 1.29 is 45.4 Å². The normalized spacial score (nSPS) is 14.4. The minimum atomic E-state index is -0.936. The second-order valence-electron chi connectivity index (χ2n) is 14.5. The summed E-state index contributed by atoms with van der Waals surface area (Å²) in [5.41, 5.74) is -0.124. The van der Waals surface area contributed by atoms with Crippen molar-refractivity contribution in [3.8, 4) is 0 Å². The van der Waals surface area contributed by atoms with Gasteiger partial charge in [0.25, 0.3) is 0 Å². The number of rotatable bonds is 24. The van der Waals surface area contributed by atoms with Crippen molar-refractivity contribution >= 4 is 40.7 Å². The number of carboxylic acid groups (broad SMARTS) is 2. The van der Waals surface area contributed by atoms with E-state index in [0.717, 1.165) is 6.42 Å². The highest BCUT2D eigenvalue weighted by atomic mass is 16.4. The average molecular weight is 732 g/mol. The van der Waals surface area contributed by atoms with E-state index in [1.54, 1.807) is 20.8 Å². The maximum Gasteiger partial charge on any atom is 0.303 e. The fourth-order valence-electron chi connectivity index (χ4n) is 4.09. The summed E-state index contributed by atoms with van der Waals surface area (Å²) in [6.45, 7) is 22.2. The van der Waals surface area contributed by atoms with Crippen molar-refractivity contribution in [2.75, 3.05) is 26.2 Å². The number of nitrogens with one attached hydrogen (secondary N) is 5. The van der Waals surface area contributed by atoms with Gasteiger partial charge < -0.3 is 57.6 Å². The molecule has 0 aromatic heterocycles. The van der Waals surface area contributed by atoms with Gasteiger partial charge in [-0.1, -0.05) is 20.6 Å². The monoisotopic (exact) mass is 731 g/mol. The number of amides is 1. The lowest BCUT2D eigenvalue weighted by Crippen LogP contribution is -2.57. The van der Waals surface area contributed by atoms with Gasteiger partial charge in [-0.05, 0) is 102 Å². The molecule has 296 valence electrons. The highest BCUT2D eigenvalue weighted by Gasteiger charge is 2.28. The van der Waals surface area contributed by atoms with Gasteiger partial charge in [-0.2, -0.15) is 0 Å². The lowest BCUT2D eigenvalue weighted by molar-refractivity contribution is -0.138. The first kappa shape index (κ1) is 49.2. The Hall–Kier alpha value is -3.87. The Morgan fingerprint density at radius 2 is 0.922 bits per heavy atom. The Morgan fingerprint density at radius 1 is 0.529 bits per heavy atom. The van der Waals surface area contributed by atoms with E-state index in [1.807, 2.05) is 55.4 Å². The number of nitrogens with zero attached hydrogens (tertiary/aromatic N) is 4. The predicted octanol–water partition coefficient (Wildman–Crippen LogP) is 2.82. The fourth-order valence-corrected chi connectivity index (χ4v) is 4.09. The van der Waals surface area contributed by atoms with E-state index in [0.29, 0.717) is 49.0 Å². The van der Waals surface area contributed by atoms with Gasteiger partial charge in [0.15, 0.2) is 0 Å². The highest BCUT2D eigenvalue weighted by molar-refractivity contribution is 5.94. The standard InChI is InChI=1S/C18H35N5O5.C15H30N4O4/c1-12(22-27)17(3,4)19-10-14(11-20-18(5,6)13(2)23-28)21-15(24)8-7-9-16(25)26;1-11(18-22)14(2,3)16-9-6-10-17-15(4,5)12(19-23)7-8-13(20)21/h14,19-20,27-28H,7-11H2,1-6H3,(H,21,24)(H,25,26);16-17,22-23H,6-10H2,1-5H3,(H,20,21)/b22-12+,23-13+;18-11+,19-12+. The number of hydrogen-bond donors (Lipinski definition) is 11. The molecule has 0 aromatic carbocycles. The van der Waals surface area contributed by atoms with Crippen LogP contribution >= 0.6 is 0 Å². The third kappa shape index (κ3) is 21.2. The number of hydrogen-bond acceptors (Lipinski definition) is 15.